The molecule has 3 N–H and O–H groups in total. The van der Waals surface area contributed by atoms with Gasteiger partial charge in [0, 0.05) is 24.5 Å². The molecule has 2 amide bonds. The Kier molecular flexibility index (Phi) is 7.87. The molecule has 0 bridgehead atoms. The molecule has 0 radical (unpaired) electrons. The summed E-state index contributed by atoms with van der Waals surface area (Å²) in [6, 6.07) is 8.69. The number of aliphatic hydroxyl groups excluding tert-OH is 1. The number of ether oxygens (including phenoxy) is 1. The number of hydrogen-bond donors (Lipinski definition) is 3. The Hall–Kier alpha value is -2.84. The standard InChI is InChI=1S/C22H26FN3O4/c23-17-3-1-16(2-4-17)22(29)26-19-6-5-18(30-20(19)14-27)13-21(28)25-12-9-15-7-10-24-11-8-15/h1-4,7-8,10-11,18-20,27H,5-6,9,12-14H2,(H,25,28)(H,26,29)/t18-,19-,20+/m0/s1. The third-order valence-electron chi connectivity index (χ3n) is 5.12. The molecule has 1 aliphatic rings. The van der Waals surface area contributed by atoms with Crippen LogP contribution in [0.4, 0.5) is 4.39 Å². The number of aromatic nitrogens is 1. The molecule has 0 spiro atoms. The highest BCUT2D eigenvalue weighted by molar-refractivity contribution is 5.94. The van der Waals surface area contributed by atoms with Gasteiger partial charge in [0.15, 0.2) is 0 Å². The average molecular weight is 415 g/mol. The molecular weight excluding hydrogens is 389 g/mol. The zero-order valence-corrected chi connectivity index (χ0v) is 16.6. The first kappa shape index (κ1) is 21.9. The van der Waals surface area contributed by atoms with Crippen LogP contribution in [-0.4, -0.2) is 53.3 Å². The number of pyridine rings is 1. The molecule has 1 saturated heterocycles. The molecule has 160 valence electrons. The van der Waals surface area contributed by atoms with Crippen LogP contribution in [0.25, 0.3) is 0 Å². The van der Waals surface area contributed by atoms with Crippen molar-refractivity contribution in [1.82, 2.24) is 15.6 Å². The van der Waals surface area contributed by atoms with E-state index in [1.165, 1.54) is 24.3 Å². The number of rotatable bonds is 8. The monoisotopic (exact) mass is 415 g/mol. The quantitative estimate of drug-likeness (QED) is 0.608. The van der Waals surface area contributed by atoms with Crippen molar-refractivity contribution in [3.63, 3.8) is 0 Å². The molecule has 0 unspecified atom stereocenters. The summed E-state index contributed by atoms with van der Waals surface area (Å²) < 4.78 is 18.9. The lowest BCUT2D eigenvalue weighted by atomic mass is 9.96. The molecule has 3 atom stereocenters. The zero-order valence-electron chi connectivity index (χ0n) is 16.6. The van der Waals surface area contributed by atoms with Crippen LogP contribution in [0.3, 0.4) is 0 Å². The number of amides is 2. The van der Waals surface area contributed by atoms with Gasteiger partial charge in [-0.05, 0) is 61.2 Å². The smallest absolute Gasteiger partial charge is 0.251 e. The Balaban J connectivity index is 1.43. The minimum absolute atomic E-state index is 0.112. The predicted molar refractivity (Wildman–Crippen MR) is 108 cm³/mol. The summed E-state index contributed by atoms with van der Waals surface area (Å²) in [5.74, 6) is -0.878. The number of hydrogen-bond acceptors (Lipinski definition) is 5. The van der Waals surface area contributed by atoms with Gasteiger partial charge in [-0.3, -0.25) is 14.6 Å². The Morgan fingerprint density at radius 1 is 1.13 bits per heavy atom. The maximum atomic E-state index is 13.0. The van der Waals surface area contributed by atoms with E-state index in [1.54, 1.807) is 12.4 Å². The van der Waals surface area contributed by atoms with Gasteiger partial charge in [0.1, 0.15) is 11.9 Å². The van der Waals surface area contributed by atoms with E-state index in [1.807, 2.05) is 12.1 Å². The third kappa shape index (κ3) is 6.33. The molecule has 8 heteroatoms. The van der Waals surface area contributed by atoms with E-state index in [0.29, 0.717) is 24.9 Å². The number of carbonyl (C=O) groups excluding carboxylic acids is 2. The topological polar surface area (TPSA) is 101 Å². The van der Waals surface area contributed by atoms with Gasteiger partial charge in [-0.1, -0.05) is 0 Å². The highest BCUT2D eigenvalue weighted by Crippen LogP contribution is 2.22. The maximum absolute atomic E-state index is 13.0. The van der Waals surface area contributed by atoms with Crippen molar-refractivity contribution < 1.29 is 23.8 Å². The van der Waals surface area contributed by atoms with Gasteiger partial charge in [0.2, 0.25) is 5.91 Å². The van der Waals surface area contributed by atoms with Crippen molar-refractivity contribution in [2.75, 3.05) is 13.2 Å². The lowest BCUT2D eigenvalue weighted by Gasteiger charge is -2.36. The summed E-state index contributed by atoms with van der Waals surface area (Å²) in [4.78, 5) is 28.5. The fourth-order valence-corrected chi connectivity index (χ4v) is 3.47. The van der Waals surface area contributed by atoms with Crippen LogP contribution < -0.4 is 10.6 Å². The van der Waals surface area contributed by atoms with Crippen molar-refractivity contribution in [3.05, 3.63) is 65.7 Å². The second-order valence-electron chi connectivity index (χ2n) is 7.30. The SMILES string of the molecule is O=C(C[C@@H]1CC[C@H](NC(=O)c2ccc(F)cc2)[C@@H](CO)O1)NCCc1ccncc1. The second-order valence-corrected chi connectivity index (χ2v) is 7.30. The fourth-order valence-electron chi connectivity index (χ4n) is 3.47. The normalized spacial score (nSPS) is 21.1. The number of nitrogens with zero attached hydrogens (tertiary/aromatic N) is 1. The summed E-state index contributed by atoms with van der Waals surface area (Å²) in [6.07, 6.45) is 4.60. The molecule has 1 aromatic heterocycles. The van der Waals surface area contributed by atoms with Crippen LogP contribution >= 0.6 is 0 Å². The molecule has 1 aromatic carbocycles. The van der Waals surface area contributed by atoms with Gasteiger partial charge in [-0.25, -0.2) is 4.39 Å². The van der Waals surface area contributed by atoms with Crippen LogP contribution in [0.5, 0.6) is 0 Å². The molecule has 1 fully saturated rings. The van der Waals surface area contributed by atoms with E-state index < -0.39 is 11.9 Å². The minimum atomic E-state index is -0.599. The van der Waals surface area contributed by atoms with Gasteiger partial charge >= 0.3 is 0 Å². The van der Waals surface area contributed by atoms with Crippen LogP contribution in [0.1, 0.15) is 35.2 Å². The summed E-state index contributed by atoms with van der Waals surface area (Å²) in [7, 11) is 0. The van der Waals surface area contributed by atoms with Gasteiger partial charge in [-0.2, -0.15) is 0 Å². The lowest BCUT2D eigenvalue weighted by molar-refractivity contribution is -0.130. The van der Waals surface area contributed by atoms with E-state index in [0.717, 1.165) is 12.0 Å². The molecule has 0 saturated carbocycles. The van der Waals surface area contributed by atoms with Crippen LogP contribution in [0.2, 0.25) is 0 Å². The molecule has 7 nitrogen and oxygen atoms in total. The summed E-state index contributed by atoms with van der Waals surface area (Å²) in [5.41, 5.74) is 1.43. The van der Waals surface area contributed by atoms with E-state index >= 15 is 0 Å². The Morgan fingerprint density at radius 3 is 2.57 bits per heavy atom. The molecule has 3 rings (SSSR count). The highest BCUT2D eigenvalue weighted by Gasteiger charge is 2.33. The van der Waals surface area contributed by atoms with Gasteiger partial charge in [0.05, 0.1) is 25.2 Å². The Labute approximate surface area is 174 Å². The number of nitrogens with one attached hydrogen (secondary N) is 2. The van der Waals surface area contributed by atoms with Gasteiger partial charge in [0.25, 0.3) is 5.91 Å². The van der Waals surface area contributed by atoms with E-state index in [-0.39, 0.29) is 37.0 Å². The van der Waals surface area contributed by atoms with Crippen molar-refractivity contribution in [3.8, 4) is 0 Å². The first-order valence-electron chi connectivity index (χ1n) is 10.0. The van der Waals surface area contributed by atoms with Crippen molar-refractivity contribution >= 4 is 11.8 Å². The Bertz CT molecular complexity index is 832. The van der Waals surface area contributed by atoms with Crippen molar-refractivity contribution in [2.24, 2.45) is 0 Å². The number of aliphatic hydroxyl groups is 1. The first-order chi connectivity index (χ1) is 14.5. The molecule has 30 heavy (non-hydrogen) atoms. The Morgan fingerprint density at radius 2 is 1.87 bits per heavy atom. The molecular formula is C22H26FN3O4. The summed E-state index contributed by atoms with van der Waals surface area (Å²) in [5, 5.41) is 15.4. The zero-order chi connectivity index (χ0) is 21.3. The largest absolute Gasteiger partial charge is 0.394 e. The van der Waals surface area contributed by atoms with Crippen LogP contribution in [0, 0.1) is 5.82 Å². The van der Waals surface area contributed by atoms with Gasteiger partial charge in [-0.15, -0.1) is 0 Å². The highest BCUT2D eigenvalue weighted by atomic mass is 19.1. The van der Waals surface area contributed by atoms with Crippen LogP contribution in [0.15, 0.2) is 48.8 Å². The predicted octanol–water partition coefficient (Wildman–Crippen LogP) is 1.61. The maximum Gasteiger partial charge on any atom is 0.251 e. The minimum Gasteiger partial charge on any atom is -0.394 e. The third-order valence-corrected chi connectivity index (χ3v) is 5.12. The summed E-state index contributed by atoms with van der Waals surface area (Å²) >= 11 is 0. The van der Waals surface area contributed by atoms with Crippen molar-refractivity contribution in [2.45, 2.75) is 43.9 Å². The number of carbonyl (C=O) groups is 2. The lowest BCUT2D eigenvalue weighted by Crippen LogP contribution is -2.51. The summed E-state index contributed by atoms with van der Waals surface area (Å²) in [6.45, 7) is 0.254. The van der Waals surface area contributed by atoms with Crippen LogP contribution in [-0.2, 0) is 16.0 Å². The number of benzene rings is 1. The molecule has 2 aromatic rings. The average Bonchev–Trinajstić information content (AvgIpc) is 2.76. The fraction of sp³-hybridized carbons (Fsp3) is 0.409. The van der Waals surface area contributed by atoms with E-state index in [2.05, 4.69) is 15.6 Å². The van der Waals surface area contributed by atoms with E-state index in [9.17, 15) is 19.1 Å². The number of halogens is 1. The van der Waals surface area contributed by atoms with Gasteiger partial charge < -0.3 is 20.5 Å². The molecule has 1 aliphatic heterocycles. The molecule has 2 heterocycles. The van der Waals surface area contributed by atoms with Crippen molar-refractivity contribution in [1.29, 1.82) is 0 Å². The van der Waals surface area contributed by atoms with E-state index in [4.69, 9.17) is 4.74 Å². The first-order valence-corrected chi connectivity index (χ1v) is 10.0. The second kappa shape index (κ2) is 10.8. The molecule has 0 aliphatic carbocycles.